The van der Waals surface area contributed by atoms with Gasteiger partial charge in [0.15, 0.2) is 0 Å². The largest absolute Gasteiger partial charge is 0.376 e. The zero-order valence-electron chi connectivity index (χ0n) is 11.4. The van der Waals surface area contributed by atoms with Crippen molar-refractivity contribution in [1.29, 1.82) is 0 Å². The van der Waals surface area contributed by atoms with Crippen LogP contribution in [0.1, 0.15) is 5.56 Å². The van der Waals surface area contributed by atoms with Crippen LogP contribution in [-0.4, -0.2) is 48.5 Å². The molecule has 1 aliphatic rings. The van der Waals surface area contributed by atoms with Gasteiger partial charge in [0.05, 0.1) is 11.5 Å². The van der Waals surface area contributed by atoms with Crippen LogP contribution in [0.4, 0.5) is 11.4 Å². The quantitative estimate of drug-likeness (QED) is 0.626. The Balaban J connectivity index is 1.97. The first-order valence-electron chi connectivity index (χ1n) is 6.55. The van der Waals surface area contributed by atoms with Crippen LogP contribution in [0.5, 0.6) is 0 Å². The fraction of sp³-hybridized carbons (Fsp3) is 0.462. The highest BCUT2D eigenvalue weighted by atomic mass is 16.6. The van der Waals surface area contributed by atoms with Gasteiger partial charge in [-0.1, -0.05) is 6.07 Å². The maximum Gasteiger partial charge on any atom is 0.271 e. The van der Waals surface area contributed by atoms with Crippen LogP contribution in [-0.2, 0) is 4.79 Å². The van der Waals surface area contributed by atoms with Gasteiger partial charge in [0.1, 0.15) is 0 Å². The number of non-ortho nitro benzene ring substituents is 1. The molecule has 20 heavy (non-hydrogen) atoms. The molecule has 0 unspecified atom stereocenters. The molecular formula is C13H18N4O3. The van der Waals surface area contributed by atoms with Crippen LogP contribution >= 0.6 is 0 Å². The molecule has 1 heterocycles. The number of amides is 1. The van der Waals surface area contributed by atoms with E-state index in [2.05, 4.69) is 10.6 Å². The second-order valence-electron chi connectivity index (χ2n) is 4.74. The van der Waals surface area contributed by atoms with Crippen molar-refractivity contribution in [2.24, 2.45) is 0 Å². The first kappa shape index (κ1) is 14.3. The number of hydrogen-bond donors (Lipinski definition) is 2. The van der Waals surface area contributed by atoms with E-state index in [1.54, 1.807) is 11.0 Å². The van der Waals surface area contributed by atoms with Crippen LogP contribution in [0.15, 0.2) is 18.2 Å². The Morgan fingerprint density at radius 2 is 2.15 bits per heavy atom. The summed E-state index contributed by atoms with van der Waals surface area (Å²) >= 11 is 0. The molecule has 1 aliphatic heterocycles. The third-order valence-corrected chi connectivity index (χ3v) is 3.33. The van der Waals surface area contributed by atoms with Crippen molar-refractivity contribution in [2.45, 2.75) is 6.92 Å². The fourth-order valence-corrected chi connectivity index (χ4v) is 2.11. The van der Waals surface area contributed by atoms with Crippen molar-refractivity contribution in [1.82, 2.24) is 10.2 Å². The Labute approximate surface area is 117 Å². The van der Waals surface area contributed by atoms with Gasteiger partial charge in [-0.15, -0.1) is 0 Å². The summed E-state index contributed by atoms with van der Waals surface area (Å²) < 4.78 is 0. The molecule has 108 valence electrons. The summed E-state index contributed by atoms with van der Waals surface area (Å²) in [6, 6.07) is 4.59. The summed E-state index contributed by atoms with van der Waals surface area (Å²) in [6.45, 7) is 5.02. The summed E-state index contributed by atoms with van der Waals surface area (Å²) in [4.78, 5) is 24.1. The molecule has 1 saturated heterocycles. The van der Waals surface area contributed by atoms with Crippen LogP contribution in [0.2, 0.25) is 0 Å². The smallest absolute Gasteiger partial charge is 0.271 e. The lowest BCUT2D eigenvalue weighted by atomic mass is 10.2. The minimum atomic E-state index is -0.442. The lowest BCUT2D eigenvalue weighted by molar-refractivity contribution is -0.384. The van der Waals surface area contributed by atoms with Gasteiger partial charge in [-0.05, 0) is 12.5 Å². The van der Waals surface area contributed by atoms with Gasteiger partial charge in [-0.25, -0.2) is 0 Å². The molecule has 0 spiro atoms. The lowest BCUT2D eigenvalue weighted by Crippen LogP contribution is -2.48. The van der Waals surface area contributed by atoms with Gasteiger partial charge in [-0.3, -0.25) is 14.9 Å². The van der Waals surface area contributed by atoms with Crippen LogP contribution in [0, 0.1) is 17.0 Å². The summed E-state index contributed by atoms with van der Waals surface area (Å²) in [7, 11) is 0. The molecule has 1 fully saturated rings. The monoisotopic (exact) mass is 278 g/mol. The predicted octanol–water partition coefficient (Wildman–Crippen LogP) is 0.747. The SMILES string of the molecule is Cc1ccc([N+](=O)[O-])cc1NCC(=O)N1CCNCC1. The minimum absolute atomic E-state index is 0.0115. The molecule has 7 heteroatoms. The second-order valence-corrected chi connectivity index (χ2v) is 4.74. The number of rotatable bonds is 4. The maximum atomic E-state index is 12.0. The van der Waals surface area contributed by atoms with E-state index < -0.39 is 4.92 Å². The third-order valence-electron chi connectivity index (χ3n) is 3.33. The standard InChI is InChI=1S/C13H18N4O3/c1-10-2-3-11(17(19)20)8-12(10)15-9-13(18)16-6-4-14-5-7-16/h2-3,8,14-15H,4-7,9H2,1H3. The molecule has 2 N–H and O–H groups in total. The molecule has 0 bridgehead atoms. The number of piperazine rings is 1. The highest BCUT2D eigenvalue weighted by Crippen LogP contribution is 2.21. The molecule has 1 amide bonds. The number of nitro groups is 1. The summed E-state index contributed by atoms with van der Waals surface area (Å²) in [5.74, 6) is 0.0115. The van der Waals surface area contributed by atoms with E-state index >= 15 is 0 Å². The van der Waals surface area contributed by atoms with Crippen molar-refractivity contribution in [2.75, 3.05) is 38.0 Å². The molecule has 1 aromatic rings. The van der Waals surface area contributed by atoms with Crippen molar-refractivity contribution in [3.8, 4) is 0 Å². The molecule has 0 saturated carbocycles. The lowest BCUT2D eigenvalue weighted by Gasteiger charge is -2.27. The van der Waals surface area contributed by atoms with E-state index in [1.165, 1.54) is 12.1 Å². The number of anilines is 1. The fourth-order valence-electron chi connectivity index (χ4n) is 2.11. The average molecular weight is 278 g/mol. The van der Waals surface area contributed by atoms with E-state index in [-0.39, 0.29) is 18.1 Å². The average Bonchev–Trinajstić information content (AvgIpc) is 2.46. The number of nitro benzene ring substituents is 1. The minimum Gasteiger partial charge on any atom is -0.376 e. The normalized spacial score (nSPS) is 14.9. The van der Waals surface area contributed by atoms with Crippen molar-refractivity contribution in [3.63, 3.8) is 0 Å². The van der Waals surface area contributed by atoms with Crippen molar-refractivity contribution in [3.05, 3.63) is 33.9 Å². The number of carbonyl (C=O) groups is 1. The van der Waals surface area contributed by atoms with Gasteiger partial charge >= 0.3 is 0 Å². The molecule has 0 aliphatic carbocycles. The second kappa shape index (κ2) is 6.33. The molecule has 0 radical (unpaired) electrons. The Morgan fingerprint density at radius 3 is 2.80 bits per heavy atom. The number of hydrogen-bond acceptors (Lipinski definition) is 5. The summed E-state index contributed by atoms with van der Waals surface area (Å²) in [5, 5.41) is 16.9. The zero-order chi connectivity index (χ0) is 14.5. The number of nitrogens with one attached hydrogen (secondary N) is 2. The molecule has 7 nitrogen and oxygen atoms in total. The van der Waals surface area contributed by atoms with Crippen molar-refractivity contribution < 1.29 is 9.72 Å². The number of benzene rings is 1. The van der Waals surface area contributed by atoms with Crippen molar-refractivity contribution >= 4 is 17.3 Å². The van der Waals surface area contributed by atoms with E-state index in [0.29, 0.717) is 18.8 Å². The van der Waals surface area contributed by atoms with Gasteiger partial charge in [-0.2, -0.15) is 0 Å². The van der Waals surface area contributed by atoms with E-state index in [4.69, 9.17) is 0 Å². The Bertz CT molecular complexity index is 512. The van der Waals surface area contributed by atoms with E-state index in [9.17, 15) is 14.9 Å². The topological polar surface area (TPSA) is 87.5 Å². The van der Waals surface area contributed by atoms with Crippen LogP contribution in [0.3, 0.4) is 0 Å². The van der Waals surface area contributed by atoms with Crippen LogP contribution in [0.25, 0.3) is 0 Å². The van der Waals surface area contributed by atoms with Gasteiger partial charge < -0.3 is 15.5 Å². The molecule has 1 aromatic carbocycles. The zero-order valence-corrected chi connectivity index (χ0v) is 11.4. The highest BCUT2D eigenvalue weighted by molar-refractivity contribution is 5.81. The van der Waals surface area contributed by atoms with E-state index in [1.807, 2.05) is 6.92 Å². The molecule has 0 atom stereocenters. The van der Waals surface area contributed by atoms with Gasteiger partial charge in [0, 0.05) is 44.0 Å². The Morgan fingerprint density at radius 1 is 1.45 bits per heavy atom. The molecule has 0 aromatic heterocycles. The summed E-state index contributed by atoms with van der Waals surface area (Å²) in [5.41, 5.74) is 1.53. The van der Waals surface area contributed by atoms with E-state index in [0.717, 1.165) is 18.7 Å². The number of aryl methyl sites for hydroxylation is 1. The van der Waals surface area contributed by atoms with Crippen LogP contribution < -0.4 is 10.6 Å². The first-order chi connectivity index (χ1) is 9.58. The predicted molar refractivity (Wildman–Crippen MR) is 75.8 cm³/mol. The van der Waals surface area contributed by atoms with Gasteiger partial charge in [0.25, 0.3) is 5.69 Å². The first-order valence-corrected chi connectivity index (χ1v) is 6.55. The molecular weight excluding hydrogens is 260 g/mol. The Hall–Kier alpha value is -2.15. The van der Waals surface area contributed by atoms with Gasteiger partial charge in [0.2, 0.25) is 5.91 Å². The molecule has 2 rings (SSSR count). The highest BCUT2D eigenvalue weighted by Gasteiger charge is 2.16. The third kappa shape index (κ3) is 3.45. The number of carbonyl (C=O) groups excluding carboxylic acids is 1. The Kier molecular flexibility index (Phi) is 4.52. The summed E-state index contributed by atoms with van der Waals surface area (Å²) in [6.07, 6.45) is 0. The maximum absolute atomic E-state index is 12.0. The number of nitrogens with zero attached hydrogens (tertiary/aromatic N) is 2.